The van der Waals surface area contributed by atoms with Gasteiger partial charge in [-0.15, -0.1) is 0 Å². The number of carbonyl (C=O) groups excluding carboxylic acids is 2. The van der Waals surface area contributed by atoms with Crippen LogP contribution in [0.3, 0.4) is 0 Å². The molecule has 0 bridgehead atoms. The molecule has 0 atom stereocenters. The van der Waals surface area contributed by atoms with Crippen LogP contribution in [0.4, 0.5) is 15.8 Å². The molecule has 32 heavy (non-hydrogen) atoms. The molecule has 3 aromatic carbocycles. The molecular formula is C25H20ClFN2O3. The van der Waals surface area contributed by atoms with E-state index in [-0.39, 0.29) is 17.0 Å². The highest BCUT2D eigenvalue weighted by Crippen LogP contribution is 2.37. The molecule has 0 unspecified atom stereocenters. The van der Waals surface area contributed by atoms with Gasteiger partial charge in [-0.2, -0.15) is 0 Å². The Morgan fingerprint density at radius 1 is 0.938 bits per heavy atom. The van der Waals surface area contributed by atoms with Gasteiger partial charge in [0.15, 0.2) is 0 Å². The maximum absolute atomic E-state index is 13.9. The normalized spacial score (nSPS) is 13.7. The van der Waals surface area contributed by atoms with Crippen molar-refractivity contribution in [2.24, 2.45) is 0 Å². The van der Waals surface area contributed by atoms with Gasteiger partial charge in [-0.05, 0) is 66.9 Å². The Kier molecular flexibility index (Phi) is 5.72. The van der Waals surface area contributed by atoms with Gasteiger partial charge in [0.2, 0.25) is 0 Å². The van der Waals surface area contributed by atoms with Crippen molar-refractivity contribution in [3.05, 3.63) is 93.9 Å². The summed E-state index contributed by atoms with van der Waals surface area (Å²) in [6, 6.07) is 15.8. The molecule has 2 amide bonds. The number of hydrogen-bond donors (Lipinski definition) is 1. The molecular weight excluding hydrogens is 431 g/mol. The summed E-state index contributed by atoms with van der Waals surface area (Å²) in [6.45, 7) is 3.89. The molecule has 5 nitrogen and oxygen atoms in total. The highest BCUT2D eigenvalue weighted by atomic mass is 35.5. The summed E-state index contributed by atoms with van der Waals surface area (Å²) in [7, 11) is 1.49. The zero-order valence-corrected chi connectivity index (χ0v) is 18.5. The molecule has 3 aromatic rings. The van der Waals surface area contributed by atoms with Gasteiger partial charge in [-0.25, -0.2) is 9.29 Å². The molecule has 0 saturated carbocycles. The van der Waals surface area contributed by atoms with Gasteiger partial charge < -0.3 is 10.1 Å². The minimum atomic E-state index is -0.601. The summed E-state index contributed by atoms with van der Waals surface area (Å²) in [5.74, 6) is -1.25. The van der Waals surface area contributed by atoms with Gasteiger partial charge in [0, 0.05) is 5.02 Å². The number of halogens is 2. The van der Waals surface area contributed by atoms with E-state index in [0.717, 1.165) is 22.1 Å². The van der Waals surface area contributed by atoms with Gasteiger partial charge in [0.05, 0.1) is 24.1 Å². The first-order valence-corrected chi connectivity index (χ1v) is 10.2. The van der Waals surface area contributed by atoms with E-state index in [1.54, 1.807) is 24.3 Å². The zero-order valence-electron chi connectivity index (χ0n) is 17.7. The fourth-order valence-corrected chi connectivity index (χ4v) is 3.74. The lowest BCUT2D eigenvalue weighted by Gasteiger charge is -2.16. The van der Waals surface area contributed by atoms with Crippen LogP contribution in [0.25, 0.3) is 5.57 Å². The minimum absolute atomic E-state index is 0.0584. The second kappa shape index (κ2) is 8.48. The quantitative estimate of drug-likeness (QED) is 0.521. The topological polar surface area (TPSA) is 58.6 Å². The standard InChI is InChI=1S/C25H20ClFN2O3/c1-14-7-8-16(11-15(14)2)22-23(28-20-12-17(26)9-10-21(20)32-3)25(31)29(24(22)30)19-6-4-5-18(27)13-19/h4-13,28H,1-3H3. The fourth-order valence-electron chi connectivity index (χ4n) is 3.57. The third kappa shape index (κ3) is 3.85. The molecule has 162 valence electrons. The van der Waals surface area contributed by atoms with Crippen molar-refractivity contribution in [3.8, 4) is 5.75 Å². The van der Waals surface area contributed by atoms with Crippen LogP contribution in [0.1, 0.15) is 16.7 Å². The summed E-state index contributed by atoms with van der Waals surface area (Å²) < 4.78 is 19.2. The SMILES string of the molecule is COc1ccc(Cl)cc1NC1=C(c2ccc(C)c(C)c2)C(=O)N(c2cccc(F)c2)C1=O. The third-order valence-electron chi connectivity index (χ3n) is 5.37. The van der Waals surface area contributed by atoms with E-state index in [4.69, 9.17) is 16.3 Å². The molecule has 0 aromatic heterocycles. The van der Waals surface area contributed by atoms with Crippen molar-refractivity contribution in [3.63, 3.8) is 0 Å². The first kappa shape index (κ1) is 21.6. The number of nitrogens with one attached hydrogen (secondary N) is 1. The smallest absolute Gasteiger partial charge is 0.282 e. The number of rotatable bonds is 5. The Morgan fingerprint density at radius 2 is 1.72 bits per heavy atom. The van der Waals surface area contributed by atoms with Crippen molar-refractivity contribution < 1.29 is 18.7 Å². The number of ether oxygens (including phenoxy) is 1. The number of benzene rings is 3. The Bertz CT molecular complexity index is 1290. The highest BCUT2D eigenvalue weighted by molar-refractivity contribution is 6.46. The first-order chi connectivity index (χ1) is 15.3. The van der Waals surface area contributed by atoms with E-state index in [1.807, 2.05) is 26.0 Å². The van der Waals surface area contributed by atoms with Crippen molar-refractivity contribution in [2.75, 3.05) is 17.3 Å². The van der Waals surface area contributed by atoms with Gasteiger partial charge in [0.1, 0.15) is 17.3 Å². The van der Waals surface area contributed by atoms with Gasteiger partial charge in [-0.1, -0.05) is 35.9 Å². The minimum Gasteiger partial charge on any atom is -0.495 e. The number of nitrogens with zero attached hydrogens (tertiary/aromatic N) is 1. The maximum Gasteiger partial charge on any atom is 0.282 e. The summed E-state index contributed by atoms with van der Waals surface area (Å²) in [6.07, 6.45) is 0. The van der Waals surface area contributed by atoms with Gasteiger partial charge >= 0.3 is 0 Å². The lowest BCUT2D eigenvalue weighted by Crippen LogP contribution is -2.32. The van der Waals surface area contributed by atoms with E-state index in [1.165, 1.54) is 25.3 Å². The summed E-state index contributed by atoms with van der Waals surface area (Å²) in [5, 5.41) is 3.47. The van der Waals surface area contributed by atoms with Crippen LogP contribution in [0.2, 0.25) is 5.02 Å². The van der Waals surface area contributed by atoms with Crippen molar-refractivity contribution in [1.82, 2.24) is 0 Å². The Morgan fingerprint density at radius 3 is 2.41 bits per heavy atom. The van der Waals surface area contributed by atoms with Crippen LogP contribution in [0, 0.1) is 19.7 Å². The molecule has 0 saturated heterocycles. The Balaban J connectivity index is 1.88. The third-order valence-corrected chi connectivity index (χ3v) is 5.60. The van der Waals surface area contributed by atoms with Crippen LogP contribution in [0.5, 0.6) is 5.75 Å². The van der Waals surface area contributed by atoms with E-state index in [2.05, 4.69) is 5.32 Å². The van der Waals surface area contributed by atoms with Crippen molar-refractivity contribution >= 4 is 40.4 Å². The van der Waals surface area contributed by atoms with Crippen LogP contribution in [-0.2, 0) is 9.59 Å². The first-order valence-electron chi connectivity index (χ1n) is 9.87. The van der Waals surface area contributed by atoms with Gasteiger partial charge in [0.25, 0.3) is 11.8 Å². The number of methoxy groups -OCH3 is 1. The fraction of sp³-hybridized carbons (Fsp3) is 0.120. The van der Waals surface area contributed by atoms with E-state index >= 15 is 0 Å². The van der Waals surface area contributed by atoms with Crippen LogP contribution in [-0.4, -0.2) is 18.9 Å². The van der Waals surface area contributed by atoms with Gasteiger partial charge in [-0.3, -0.25) is 9.59 Å². The van der Waals surface area contributed by atoms with E-state index in [0.29, 0.717) is 22.0 Å². The molecule has 1 aliphatic rings. The molecule has 4 rings (SSSR count). The summed E-state index contributed by atoms with van der Waals surface area (Å²) in [4.78, 5) is 27.9. The van der Waals surface area contributed by atoms with Crippen LogP contribution >= 0.6 is 11.6 Å². The average molecular weight is 451 g/mol. The lowest BCUT2D eigenvalue weighted by molar-refractivity contribution is -0.120. The predicted molar refractivity (Wildman–Crippen MR) is 123 cm³/mol. The number of carbonyl (C=O) groups is 2. The molecule has 7 heteroatoms. The molecule has 0 spiro atoms. The molecule has 0 radical (unpaired) electrons. The van der Waals surface area contributed by atoms with E-state index < -0.39 is 17.6 Å². The molecule has 1 aliphatic heterocycles. The summed E-state index contributed by atoms with van der Waals surface area (Å²) in [5.41, 5.74) is 3.43. The number of hydrogen-bond acceptors (Lipinski definition) is 4. The molecule has 0 fully saturated rings. The number of imide groups is 1. The predicted octanol–water partition coefficient (Wildman–Crippen LogP) is 5.50. The van der Waals surface area contributed by atoms with Crippen LogP contribution in [0.15, 0.2) is 66.4 Å². The van der Waals surface area contributed by atoms with Crippen LogP contribution < -0.4 is 15.0 Å². The maximum atomic E-state index is 13.9. The van der Waals surface area contributed by atoms with Crippen molar-refractivity contribution in [2.45, 2.75) is 13.8 Å². The average Bonchev–Trinajstić information content (AvgIpc) is 3.00. The molecule has 1 heterocycles. The zero-order chi connectivity index (χ0) is 23.0. The highest BCUT2D eigenvalue weighted by Gasteiger charge is 2.40. The Labute approximate surface area is 190 Å². The second-order valence-electron chi connectivity index (χ2n) is 7.44. The number of amides is 2. The largest absolute Gasteiger partial charge is 0.495 e. The Hall–Kier alpha value is -3.64. The molecule has 0 aliphatic carbocycles. The number of aryl methyl sites for hydroxylation is 2. The molecule has 1 N–H and O–H groups in total. The summed E-state index contributed by atoms with van der Waals surface area (Å²) >= 11 is 6.14. The van der Waals surface area contributed by atoms with Crippen molar-refractivity contribution in [1.29, 1.82) is 0 Å². The lowest BCUT2D eigenvalue weighted by atomic mass is 9.99. The van der Waals surface area contributed by atoms with E-state index in [9.17, 15) is 14.0 Å². The number of anilines is 2. The second-order valence-corrected chi connectivity index (χ2v) is 7.88. The monoisotopic (exact) mass is 450 g/mol.